The molecule has 0 radical (unpaired) electrons. The van der Waals surface area contributed by atoms with Gasteiger partial charge in [0, 0.05) is 6.61 Å². The molecule has 2 N–H and O–H groups in total. The summed E-state index contributed by atoms with van der Waals surface area (Å²) in [7, 11) is 0. The number of rotatable bonds is 4. The zero-order chi connectivity index (χ0) is 9.68. The molecular formula is C9H12N2O2. The monoisotopic (exact) mass is 180 g/mol. The molecule has 0 fully saturated rings. The molecule has 0 bridgehead atoms. The van der Waals surface area contributed by atoms with Gasteiger partial charge in [-0.2, -0.15) is 0 Å². The molecule has 0 aliphatic carbocycles. The van der Waals surface area contributed by atoms with Gasteiger partial charge < -0.3 is 10.5 Å². The number of nitrogen functional groups attached to an aromatic ring is 1. The molecule has 0 spiro atoms. The van der Waals surface area contributed by atoms with Gasteiger partial charge in [0.2, 0.25) is 5.78 Å². The zero-order valence-corrected chi connectivity index (χ0v) is 7.49. The van der Waals surface area contributed by atoms with Crippen molar-refractivity contribution in [3.8, 4) is 0 Å². The smallest absolute Gasteiger partial charge is 0.206 e. The first kappa shape index (κ1) is 9.67. The van der Waals surface area contributed by atoms with Gasteiger partial charge in [-0.1, -0.05) is 0 Å². The molecule has 4 nitrogen and oxygen atoms in total. The largest absolute Gasteiger partial charge is 0.397 e. The highest BCUT2D eigenvalue weighted by Gasteiger charge is 2.05. The van der Waals surface area contributed by atoms with Crippen molar-refractivity contribution in [1.82, 2.24) is 4.98 Å². The summed E-state index contributed by atoms with van der Waals surface area (Å²) in [5, 5.41) is 0. The minimum Gasteiger partial charge on any atom is -0.397 e. The Hall–Kier alpha value is -1.42. The molecule has 13 heavy (non-hydrogen) atoms. The van der Waals surface area contributed by atoms with Gasteiger partial charge in [-0.25, -0.2) is 0 Å². The number of aromatic nitrogens is 1. The van der Waals surface area contributed by atoms with E-state index < -0.39 is 0 Å². The molecule has 0 amide bonds. The predicted molar refractivity (Wildman–Crippen MR) is 49.5 cm³/mol. The van der Waals surface area contributed by atoms with Crippen LogP contribution in [0.5, 0.6) is 0 Å². The topological polar surface area (TPSA) is 65.2 Å². The number of pyridine rings is 1. The molecule has 1 rings (SSSR count). The third-order valence-electron chi connectivity index (χ3n) is 1.51. The van der Waals surface area contributed by atoms with E-state index in [0.717, 1.165) is 0 Å². The van der Waals surface area contributed by atoms with E-state index in [0.29, 0.717) is 18.0 Å². The van der Waals surface area contributed by atoms with Gasteiger partial charge in [0.1, 0.15) is 12.3 Å². The summed E-state index contributed by atoms with van der Waals surface area (Å²) in [6.45, 7) is 2.44. The van der Waals surface area contributed by atoms with Crippen LogP contribution in [0.15, 0.2) is 18.3 Å². The molecule has 4 heteroatoms. The van der Waals surface area contributed by atoms with Crippen LogP contribution in [-0.2, 0) is 4.74 Å². The van der Waals surface area contributed by atoms with Crippen molar-refractivity contribution < 1.29 is 9.53 Å². The van der Waals surface area contributed by atoms with Gasteiger partial charge >= 0.3 is 0 Å². The van der Waals surface area contributed by atoms with Crippen molar-refractivity contribution in [2.75, 3.05) is 18.9 Å². The highest BCUT2D eigenvalue weighted by atomic mass is 16.5. The molecule has 0 aliphatic heterocycles. The highest BCUT2D eigenvalue weighted by Crippen LogP contribution is 2.01. The van der Waals surface area contributed by atoms with Gasteiger partial charge in [0.05, 0.1) is 11.9 Å². The van der Waals surface area contributed by atoms with Crippen LogP contribution in [-0.4, -0.2) is 24.0 Å². The standard InChI is InChI=1S/C9H12N2O2/c1-2-13-6-9(12)8-4-3-7(10)5-11-8/h3-5H,2,6,10H2,1H3. The minimum absolute atomic E-state index is 0.0768. The van der Waals surface area contributed by atoms with E-state index in [-0.39, 0.29) is 12.4 Å². The summed E-state index contributed by atoms with van der Waals surface area (Å²) in [5.74, 6) is -0.123. The van der Waals surface area contributed by atoms with Gasteiger partial charge in [-0.05, 0) is 19.1 Å². The van der Waals surface area contributed by atoms with Crippen LogP contribution in [0.3, 0.4) is 0 Å². The maximum atomic E-state index is 11.3. The third-order valence-corrected chi connectivity index (χ3v) is 1.51. The molecular weight excluding hydrogens is 168 g/mol. The fourth-order valence-corrected chi connectivity index (χ4v) is 0.839. The second-order valence-electron chi connectivity index (χ2n) is 2.54. The minimum atomic E-state index is -0.123. The van der Waals surface area contributed by atoms with Crippen LogP contribution in [0.2, 0.25) is 0 Å². The molecule has 1 aromatic rings. The van der Waals surface area contributed by atoms with Gasteiger partial charge in [0.15, 0.2) is 0 Å². The van der Waals surface area contributed by atoms with Crippen LogP contribution < -0.4 is 5.73 Å². The van der Waals surface area contributed by atoms with Crippen LogP contribution >= 0.6 is 0 Å². The molecule has 70 valence electrons. The summed E-state index contributed by atoms with van der Waals surface area (Å²) < 4.78 is 4.96. The first-order chi connectivity index (χ1) is 6.24. The number of hydrogen-bond donors (Lipinski definition) is 1. The molecule has 0 saturated carbocycles. The Balaban J connectivity index is 2.61. The normalized spacial score (nSPS) is 9.92. The number of nitrogens with zero attached hydrogens (tertiary/aromatic N) is 1. The van der Waals surface area contributed by atoms with E-state index in [2.05, 4.69) is 4.98 Å². The summed E-state index contributed by atoms with van der Waals surface area (Å²) in [6.07, 6.45) is 1.46. The van der Waals surface area contributed by atoms with E-state index in [1.54, 1.807) is 12.1 Å². The lowest BCUT2D eigenvalue weighted by molar-refractivity contribution is 0.0778. The average Bonchev–Trinajstić information content (AvgIpc) is 2.15. The number of nitrogens with two attached hydrogens (primary N) is 1. The highest BCUT2D eigenvalue weighted by molar-refractivity contribution is 5.95. The van der Waals surface area contributed by atoms with Gasteiger partial charge in [0.25, 0.3) is 0 Å². The van der Waals surface area contributed by atoms with Crippen molar-refractivity contribution in [3.05, 3.63) is 24.0 Å². The Kier molecular flexibility index (Phi) is 3.40. The first-order valence-corrected chi connectivity index (χ1v) is 4.06. The molecule has 1 heterocycles. The third kappa shape index (κ3) is 2.83. The number of Topliss-reactive ketones (excluding diaryl/α,β-unsaturated/α-hetero) is 1. The van der Waals surface area contributed by atoms with Crippen molar-refractivity contribution in [2.24, 2.45) is 0 Å². The number of carbonyl (C=O) groups is 1. The Labute approximate surface area is 76.7 Å². The van der Waals surface area contributed by atoms with Gasteiger partial charge in [-0.15, -0.1) is 0 Å². The lowest BCUT2D eigenvalue weighted by Gasteiger charge is -2.00. The lowest BCUT2D eigenvalue weighted by atomic mass is 10.2. The Bertz CT molecular complexity index is 282. The molecule has 0 atom stereocenters. The number of ether oxygens (including phenoxy) is 1. The van der Waals surface area contributed by atoms with Gasteiger partial charge in [-0.3, -0.25) is 9.78 Å². The molecule has 0 saturated heterocycles. The quantitative estimate of drug-likeness (QED) is 0.698. The number of carbonyl (C=O) groups excluding carboxylic acids is 1. The second kappa shape index (κ2) is 4.57. The van der Waals surface area contributed by atoms with Crippen molar-refractivity contribution in [1.29, 1.82) is 0 Å². The fourth-order valence-electron chi connectivity index (χ4n) is 0.839. The van der Waals surface area contributed by atoms with Crippen molar-refractivity contribution in [2.45, 2.75) is 6.92 Å². The maximum absolute atomic E-state index is 11.3. The lowest BCUT2D eigenvalue weighted by Crippen LogP contribution is -2.10. The van der Waals surface area contributed by atoms with E-state index in [9.17, 15) is 4.79 Å². The molecule has 0 aromatic carbocycles. The second-order valence-corrected chi connectivity index (χ2v) is 2.54. The van der Waals surface area contributed by atoms with E-state index in [1.165, 1.54) is 6.20 Å². The van der Waals surface area contributed by atoms with E-state index in [1.807, 2.05) is 6.92 Å². The van der Waals surface area contributed by atoms with Crippen LogP contribution in [0, 0.1) is 0 Å². The molecule has 0 unspecified atom stereocenters. The Morgan fingerprint density at radius 1 is 1.62 bits per heavy atom. The first-order valence-electron chi connectivity index (χ1n) is 4.06. The number of hydrogen-bond acceptors (Lipinski definition) is 4. The average molecular weight is 180 g/mol. The Morgan fingerprint density at radius 2 is 2.38 bits per heavy atom. The van der Waals surface area contributed by atoms with Crippen LogP contribution in [0.1, 0.15) is 17.4 Å². The maximum Gasteiger partial charge on any atom is 0.206 e. The Morgan fingerprint density at radius 3 is 2.92 bits per heavy atom. The number of anilines is 1. The zero-order valence-electron chi connectivity index (χ0n) is 7.49. The van der Waals surface area contributed by atoms with E-state index >= 15 is 0 Å². The van der Waals surface area contributed by atoms with Crippen LogP contribution in [0.25, 0.3) is 0 Å². The summed E-state index contributed by atoms with van der Waals surface area (Å²) in [5.41, 5.74) is 6.36. The SMILES string of the molecule is CCOCC(=O)c1ccc(N)cn1. The van der Waals surface area contributed by atoms with Crippen LogP contribution in [0.4, 0.5) is 5.69 Å². The summed E-state index contributed by atoms with van der Waals surface area (Å²) in [6, 6.07) is 3.24. The summed E-state index contributed by atoms with van der Waals surface area (Å²) >= 11 is 0. The van der Waals surface area contributed by atoms with Crippen molar-refractivity contribution >= 4 is 11.5 Å². The fraction of sp³-hybridized carbons (Fsp3) is 0.333. The molecule has 0 aliphatic rings. The number of ketones is 1. The summed E-state index contributed by atoms with van der Waals surface area (Å²) in [4.78, 5) is 15.2. The molecule has 1 aromatic heterocycles. The van der Waals surface area contributed by atoms with Crippen molar-refractivity contribution in [3.63, 3.8) is 0 Å². The van der Waals surface area contributed by atoms with E-state index in [4.69, 9.17) is 10.5 Å². The predicted octanol–water partition coefficient (Wildman–Crippen LogP) is 0.883.